The van der Waals surface area contributed by atoms with E-state index in [2.05, 4.69) is 42.0 Å². The number of nitrogens with one attached hydrogen (secondary N) is 1. The van der Waals surface area contributed by atoms with Gasteiger partial charge in [0.2, 0.25) is 0 Å². The molecular weight excluding hydrogens is 309 g/mol. The average molecular weight is 330 g/mol. The quantitative estimate of drug-likeness (QED) is 0.876. The Balaban J connectivity index is 2.08. The minimum absolute atomic E-state index is 0.143. The Labute approximate surface area is 122 Å². The van der Waals surface area contributed by atoms with E-state index in [-0.39, 0.29) is 17.3 Å². The van der Waals surface area contributed by atoms with Crippen molar-refractivity contribution < 1.29 is 9.13 Å². The summed E-state index contributed by atoms with van der Waals surface area (Å²) in [5.41, 5.74) is 0.143. The summed E-state index contributed by atoms with van der Waals surface area (Å²) in [7, 11) is 0. The van der Waals surface area contributed by atoms with Gasteiger partial charge in [-0.3, -0.25) is 0 Å². The normalized spacial score (nSPS) is 29.9. The van der Waals surface area contributed by atoms with Gasteiger partial charge >= 0.3 is 0 Å². The first-order valence-corrected chi connectivity index (χ1v) is 7.65. The highest BCUT2D eigenvalue weighted by molar-refractivity contribution is 9.10. The molecule has 0 aliphatic heterocycles. The lowest BCUT2D eigenvalue weighted by Crippen LogP contribution is -2.63. The van der Waals surface area contributed by atoms with Crippen LogP contribution in [0.5, 0.6) is 5.75 Å². The van der Waals surface area contributed by atoms with Crippen molar-refractivity contribution in [3.8, 4) is 5.75 Å². The van der Waals surface area contributed by atoms with Crippen LogP contribution in [0.4, 0.5) is 4.39 Å². The Morgan fingerprint density at radius 3 is 2.79 bits per heavy atom. The number of halogens is 2. The maximum absolute atomic E-state index is 13.1. The number of rotatable bonds is 5. The van der Waals surface area contributed by atoms with Crippen LogP contribution in [0.3, 0.4) is 0 Å². The van der Waals surface area contributed by atoms with Crippen molar-refractivity contribution in [2.75, 3.05) is 6.54 Å². The summed E-state index contributed by atoms with van der Waals surface area (Å²) >= 11 is 3.35. The van der Waals surface area contributed by atoms with Crippen LogP contribution < -0.4 is 10.1 Å². The Morgan fingerprint density at radius 1 is 1.47 bits per heavy atom. The topological polar surface area (TPSA) is 21.3 Å². The minimum atomic E-state index is -0.253. The van der Waals surface area contributed by atoms with Gasteiger partial charge in [0.05, 0.1) is 4.47 Å². The van der Waals surface area contributed by atoms with E-state index in [1.54, 1.807) is 6.07 Å². The van der Waals surface area contributed by atoms with Gasteiger partial charge in [0, 0.05) is 17.9 Å². The molecule has 0 aromatic heterocycles. The Morgan fingerprint density at radius 2 is 2.21 bits per heavy atom. The van der Waals surface area contributed by atoms with Gasteiger partial charge in [-0.25, -0.2) is 4.39 Å². The summed E-state index contributed by atoms with van der Waals surface area (Å²) in [6.45, 7) is 7.56. The molecule has 0 bridgehead atoms. The third-order valence-electron chi connectivity index (χ3n) is 4.36. The van der Waals surface area contributed by atoms with Gasteiger partial charge in [-0.2, -0.15) is 0 Å². The van der Waals surface area contributed by atoms with Crippen LogP contribution in [-0.4, -0.2) is 18.7 Å². The van der Waals surface area contributed by atoms with Crippen molar-refractivity contribution in [3.63, 3.8) is 0 Å². The van der Waals surface area contributed by atoms with E-state index in [4.69, 9.17) is 4.74 Å². The lowest BCUT2D eigenvalue weighted by atomic mass is 9.61. The Hall–Kier alpha value is -0.610. The maximum atomic E-state index is 13.1. The highest BCUT2D eigenvalue weighted by Gasteiger charge is 2.51. The minimum Gasteiger partial charge on any atom is -0.489 e. The zero-order chi connectivity index (χ0) is 14.0. The molecule has 4 heteroatoms. The summed E-state index contributed by atoms with van der Waals surface area (Å²) in [6, 6.07) is 5.07. The standard InChI is InChI=1S/C15H21BrFNO/c1-4-15(3)13(18-5-2)9-14(15)19-12-7-6-10(17)8-11(12)16/h6-8,13-14,18H,4-5,9H2,1-3H3. The maximum Gasteiger partial charge on any atom is 0.134 e. The molecule has 3 atom stereocenters. The van der Waals surface area contributed by atoms with E-state index in [9.17, 15) is 4.39 Å². The van der Waals surface area contributed by atoms with Crippen LogP contribution in [0.2, 0.25) is 0 Å². The summed E-state index contributed by atoms with van der Waals surface area (Å²) in [6.07, 6.45) is 2.25. The van der Waals surface area contributed by atoms with E-state index < -0.39 is 0 Å². The van der Waals surface area contributed by atoms with Gasteiger partial charge in [-0.1, -0.05) is 20.8 Å². The lowest BCUT2D eigenvalue weighted by molar-refractivity contribution is -0.0700. The molecule has 0 saturated heterocycles. The molecule has 1 aromatic carbocycles. The Kier molecular flexibility index (Phi) is 4.51. The largest absolute Gasteiger partial charge is 0.489 e. The van der Waals surface area contributed by atoms with Crippen molar-refractivity contribution in [2.24, 2.45) is 5.41 Å². The molecule has 1 aromatic rings. The first kappa shape index (κ1) is 14.8. The van der Waals surface area contributed by atoms with E-state index in [1.807, 2.05) is 0 Å². The summed E-state index contributed by atoms with van der Waals surface area (Å²) in [4.78, 5) is 0. The lowest BCUT2D eigenvalue weighted by Gasteiger charge is -2.53. The monoisotopic (exact) mass is 329 g/mol. The number of ether oxygens (including phenoxy) is 1. The number of benzene rings is 1. The molecule has 1 aliphatic rings. The van der Waals surface area contributed by atoms with E-state index in [0.717, 1.165) is 25.1 Å². The van der Waals surface area contributed by atoms with E-state index in [1.165, 1.54) is 12.1 Å². The van der Waals surface area contributed by atoms with Gasteiger partial charge in [0.1, 0.15) is 17.7 Å². The molecule has 2 nitrogen and oxygen atoms in total. The van der Waals surface area contributed by atoms with Crippen molar-refractivity contribution in [3.05, 3.63) is 28.5 Å². The van der Waals surface area contributed by atoms with Gasteiger partial charge in [-0.15, -0.1) is 0 Å². The van der Waals surface area contributed by atoms with Crippen LogP contribution in [0.1, 0.15) is 33.6 Å². The van der Waals surface area contributed by atoms with Crippen molar-refractivity contribution in [1.29, 1.82) is 0 Å². The molecule has 0 radical (unpaired) electrons. The second-order valence-corrected chi connectivity index (χ2v) is 6.24. The fourth-order valence-electron chi connectivity index (χ4n) is 2.76. The highest BCUT2D eigenvalue weighted by atomic mass is 79.9. The zero-order valence-corrected chi connectivity index (χ0v) is 13.3. The fourth-order valence-corrected chi connectivity index (χ4v) is 3.20. The van der Waals surface area contributed by atoms with Gasteiger partial charge in [-0.05, 0) is 47.1 Å². The molecule has 106 valence electrons. The second kappa shape index (κ2) is 5.80. The van der Waals surface area contributed by atoms with Crippen LogP contribution in [0.25, 0.3) is 0 Å². The molecule has 1 aliphatic carbocycles. The highest BCUT2D eigenvalue weighted by Crippen LogP contribution is 2.46. The molecule has 1 N–H and O–H groups in total. The summed E-state index contributed by atoms with van der Waals surface area (Å²) in [5.74, 6) is 0.470. The summed E-state index contributed by atoms with van der Waals surface area (Å²) in [5, 5.41) is 3.51. The molecule has 19 heavy (non-hydrogen) atoms. The average Bonchev–Trinajstić information content (AvgIpc) is 2.39. The van der Waals surface area contributed by atoms with E-state index >= 15 is 0 Å². The van der Waals surface area contributed by atoms with Crippen LogP contribution in [0, 0.1) is 11.2 Å². The fraction of sp³-hybridized carbons (Fsp3) is 0.600. The van der Waals surface area contributed by atoms with Crippen molar-refractivity contribution in [1.82, 2.24) is 5.32 Å². The first-order valence-electron chi connectivity index (χ1n) is 6.86. The molecule has 2 rings (SSSR count). The van der Waals surface area contributed by atoms with Gasteiger partial charge in [0.25, 0.3) is 0 Å². The first-order chi connectivity index (χ1) is 9.01. The smallest absolute Gasteiger partial charge is 0.134 e. The van der Waals surface area contributed by atoms with Crippen molar-refractivity contribution >= 4 is 15.9 Å². The molecule has 0 amide bonds. The van der Waals surface area contributed by atoms with Crippen LogP contribution in [0.15, 0.2) is 22.7 Å². The molecule has 0 spiro atoms. The van der Waals surface area contributed by atoms with Crippen LogP contribution >= 0.6 is 15.9 Å². The molecule has 1 fully saturated rings. The van der Waals surface area contributed by atoms with Gasteiger partial charge < -0.3 is 10.1 Å². The predicted molar refractivity (Wildman–Crippen MR) is 79.0 cm³/mol. The predicted octanol–water partition coefficient (Wildman–Crippen LogP) is 4.13. The van der Waals surface area contributed by atoms with Crippen molar-refractivity contribution in [2.45, 2.75) is 45.8 Å². The van der Waals surface area contributed by atoms with E-state index in [0.29, 0.717) is 10.5 Å². The van der Waals surface area contributed by atoms with Gasteiger partial charge in [0.15, 0.2) is 0 Å². The van der Waals surface area contributed by atoms with Crippen LogP contribution in [-0.2, 0) is 0 Å². The Bertz CT molecular complexity index is 454. The molecule has 1 saturated carbocycles. The molecule has 0 heterocycles. The number of hydrogen-bond donors (Lipinski definition) is 1. The third kappa shape index (κ3) is 2.79. The molecular formula is C15H21BrFNO. The zero-order valence-electron chi connectivity index (χ0n) is 11.7. The second-order valence-electron chi connectivity index (χ2n) is 5.39. The third-order valence-corrected chi connectivity index (χ3v) is 4.98. The summed E-state index contributed by atoms with van der Waals surface area (Å²) < 4.78 is 19.8. The molecule has 3 unspecified atom stereocenters. The number of hydrogen-bond acceptors (Lipinski definition) is 2. The SMILES string of the molecule is CCNC1CC(Oc2ccc(F)cc2Br)C1(C)CC.